The number of fused-ring (bicyclic) bond motifs is 1. The standard InChI is InChI=1S/C18H23NO4S/c1-4-24(21,22)13-14(2)19(3)18(20)12-23-17-10-9-15-7-5-6-8-16(15)11-17/h5-11,14H,4,12-13H2,1-3H3/t14-/m0/s1. The number of ether oxygens (including phenoxy) is 1. The van der Waals surface area contributed by atoms with Gasteiger partial charge in [-0.25, -0.2) is 8.42 Å². The molecule has 6 heteroatoms. The maximum Gasteiger partial charge on any atom is 0.260 e. The van der Waals surface area contributed by atoms with Gasteiger partial charge in [-0.05, 0) is 29.8 Å². The summed E-state index contributed by atoms with van der Waals surface area (Å²) in [4.78, 5) is 13.6. The summed E-state index contributed by atoms with van der Waals surface area (Å²) in [5.41, 5.74) is 0. The van der Waals surface area contributed by atoms with Crippen LogP contribution in [0.1, 0.15) is 13.8 Å². The van der Waals surface area contributed by atoms with Crippen LogP contribution in [-0.2, 0) is 14.6 Å². The van der Waals surface area contributed by atoms with Crippen LogP contribution in [0.4, 0.5) is 0 Å². The van der Waals surface area contributed by atoms with E-state index >= 15 is 0 Å². The van der Waals surface area contributed by atoms with Gasteiger partial charge in [0.2, 0.25) is 0 Å². The largest absolute Gasteiger partial charge is 0.484 e. The zero-order valence-corrected chi connectivity index (χ0v) is 15.0. The van der Waals surface area contributed by atoms with E-state index in [9.17, 15) is 13.2 Å². The number of hydrogen-bond donors (Lipinski definition) is 0. The van der Waals surface area contributed by atoms with Crippen molar-refractivity contribution in [1.29, 1.82) is 0 Å². The smallest absolute Gasteiger partial charge is 0.260 e. The number of likely N-dealkylation sites (N-methyl/N-ethyl adjacent to an activating group) is 1. The monoisotopic (exact) mass is 349 g/mol. The molecule has 0 aliphatic rings. The van der Waals surface area contributed by atoms with Crippen LogP contribution in [0.15, 0.2) is 42.5 Å². The molecule has 0 bridgehead atoms. The van der Waals surface area contributed by atoms with Gasteiger partial charge in [-0.3, -0.25) is 4.79 Å². The quantitative estimate of drug-likeness (QED) is 0.770. The molecule has 2 rings (SSSR count). The number of rotatable bonds is 7. The minimum atomic E-state index is -3.12. The molecule has 2 aromatic rings. The number of carbonyl (C=O) groups excluding carboxylic acids is 1. The molecule has 0 aliphatic carbocycles. The Hall–Kier alpha value is -2.08. The van der Waals surface area contributed by atoms with E-state index in [1.165, 1.54) is 4.90 Å². The number of carbonyl (C=O) groups is 1. The Morgan fingerprint density at radius 3 is 2.50 bits per heavy atom. The van der Waals surface area contributed by atoms with E-state index in [0.29, 0.717) is 5.75 Å². The summed E-state index contributed by atoms with van der Waals surface area (Å²) in [5, 5.41) is 2.14. The van der Waals surface area contributed by atoms with E-state index in [-0.39, 0.29) is 30.1 Å². The highest BCUT2D eigenvalue weighted by Crippen LogP contribution is 2.20. The highest BCUT2D eigenvalue weighted by molar-refractivity contribution is 7.91. The summed E-state index contributed by atoms with van der Waals surface area (Å²) in [6.07, 6.45) is 0. The molecule has 0 unspecified atom stereocenters. The summed E-state index contributed by atoms with van der Waals surface area (Å²) in [5.74, 6) is 0.403. The first-order valence-electron chi connectivity index (χ1n) is 7.90. The van der Waals surface area contributed by atoms with Gasteiger partial charge in [0.05, 0.1) is 5.75 Å². The highest BCUT2D eigenvalue weighted by Gasteiger charge is 2.21. The molecule has 0 spiro atoms. The van der Waals surface area contributed by atoms with Crippen LogP contribution < -0.4 is 4.74 Å². The average molecular weight is 349 g/mol. The van der Waals surface area contributed by atoms with E-state index in [4.69, 9.17) is 4.74 Å². The van der Waals surface area contributed by atoms with E-state index < -0.39 is 9.84 Å². The van der Waals surface area contributed by atoms with E-state index in [1.54, 1.807) is 20.9 Å². The van der Waals surface area contributed by atoms with Crippen LogP contribution in [0.25, 0.3) is 10.8 Å². The van der Waals surface area contributed by atoms with Crippen LogP contribution in [0.5, 0.6) is 5.75 Å². The number of benzene rings is 2. The first-order chi connectivity index (χ1) is 11.3. The van der Waals surface area contributed by atoms with Gasteiger partial charge in [-0.1, -0.05) is 37.3 Å². The van der Waals surface area contributed by atoms with Gasteiger partial charge in [0.25, 0.3) is 5.91 Å². The third-order valence-electron chi connectivity index (χ3n) is 4.07. The maximum atomic E-state index is 12.2. The Morgan fingerprint density at radius 2 is 1.83 bits per heavy atom. The normalized spacial score (nSPS) is 12.8. The van der Waals surface area contributed by atoms with Crippen molar-refractivity contribution in [1.82, 2.24) is 4.90 Å². The van der Waals surface area contributed by atoms with Crippen molar-refractivity contribution in [2.45, 2.75) is 19.9 Å². The number of nitrogens with zero attached hydrogens (tertiary/aromatic N) is 1. The Labute approximate surface area is 143 Å². The Bertz CT molecular complexity index is 817. The second-order valence-corrected chi connectivity index (χ2v) is 8.25. The molecular weight excluding hydrogens is 326 g/mol. The molecule has 0 saturated carbocycles. The van der Waals surface area contributed by atoms with Crippen molar-refractivity contribution in [3.8, 4) is 5.75 Å². The molecule has 24 heavy (non-hydrogen) atoms. The van der Waals surface area contributed by atoms with Gasteiger partial charge in [-0.15, -0.1) is 0 Å². The summed E-state index contributed by atoms with van der Waals surface area (Å²) in [6, 6.07) is 13.2. The predicted molar refractivity (Wildman–Crippen MR) is 96.0 cm³/mol. The average Bonchev–Trinajstić information content (AvgIpc) is 2.58. The third kappa shape index (κ3) is 4.71. The number of hydrogen-bond acceptors (Lipinski definition) is 4. The summed E-state index contributed by atoms with van der Waals surface area (Å²) >= 11 is 0. The van der Waals surface area contributed by atoms with Crippen LogP contribution in [-0.4, -0.2) is 50.4 Å². The van der Waals surface area contributed by atoms with Crippen molar-refractivity contribution >= 4 is 26.5 Å². The van der Waals surface area contributed by atoms with Gasteiger partial charge in [0.15, 0.2) is 16.4 Å². The Balaban J connectivity index is 1.95. The van der Waals surface area contributed by atoms with Crippen LogP contribution >= 0.6 is 0 Å². The maximum absolute atomic E-state index is 12.2. The lowest BCUT2D eigenvalue weighted by Crippen LogP contribution is -2.42. The van der Waals surface area contributed by atoms with Gasteiger partial charge in [0, 0.05) is 18.8 Å². The SMILES string of the molecule is CCS(=O)(=O)C[C@H](C)N(C)C(=O)COc1ccc2ccccc2c1. The molecule has 1 atom stereocenters. The molecule has 0 N–H and O–H groups in total. The van der Waals surface area contributed by atoms with Gasteiger partial charge >= 0.3 is 0 Å². The first-order valence-corrected chi connectivity index (χ1v) is 9.72. The van der Waals surface area contributed by atoms with Gasteiger partial charge in [-0.2, -0.15) is 0 Å². The second-order valence-electron chi connectivity index (χ2n) is 5.85. The molecule has 5 nitrogen and oxygen atoms in total. The zero-order chi connectivity index (χ0) is 17.7. The molecule has 0 aromatic heterocycles. The van der Waals surface area contributed by atoms with Gasteiger partial charge in [0.1, 0.15) is 5.75 Å². The summed E-state index contributed by atoms with van der Waals surface area (Å²) in [7, 11) is -1.52. The minimum absolute atomic E-state index is 0.0400. The topological polar surface area (TPSA) is 63.7 Å². The Kier molecular flexibility index (Phi) is 5.83. The van der Waals surface area contributed by atoms with E-state index in [1.807, 2.05) is 42.5 Å². The molecule has 0 fully saturated rings. The minimum Gasteiger partial charge on any atom is -0.484 e. The van der Waals surface area contributed by atoms with Crippen LogP contribution in [0, 0.1) is 0 Å². The highest BCUT2D eigenvalue weighted by atomic mass is 32.2. The third-order valence-corrected chi connectivity index (χ3v) is 5.94. The fraction of sp³-hybridized carbons (Fsp3) is 0.389. The molecule has 2 aromatic carbocycles. The lowest BCUT2D eigenvalue weighted by Gasteiger charge is -2.24. The zero-order valence-electron chi connectivity index (χ0n) is 14.2. The van der Waals surface area contributed by atoms with Gasteiger partial charge < -0.3 is 9.64 Å². The predicted octanol–water partition coefficient (Wildman–Crippen LogP) is 2.50. The summed E-state index contributed by atoms with van der Waals surface area (Å²) in [6.45, 7) is 3.21. The lowest BCUT2D eigenvalue weighted by atomic mass is 10.1. The van der Waals surface area contributed by atoms with E-state index in [2.05, 4.69) is 0 Å². The molecule has 130 valence electrons. The first kappa shape index (κ1) is 18.3. The summed E-state index contributed by atoms with van der Waals surface area (Å²) < 4.78 is 28.9. The van der Waals surface area contributed by atoms with E-state index in [0.717, 1.165) is 10.8 Å². The molecule has 0 heterocycles. The fourth-order valence-electron chi connectivity index (χ4n) is 2.35. The van der Waals surface area contributed by atoms with Crippen molar-refractivity contribution in [3.63, 3.8) is 0 Å². The molecule has 0 radical (unpaired) electrons. The van der Waals surface area contributed by atoms with Crippen LogP contribution in [0.2, 0.25) is 0 Å². The number of sulfone groups is 1. The molecule has 0 saturated heterocycles. The van der Waals surface area contributed by atoms with Crippen LogP contribution in [0.3, 0.4) is 0 Å². The molecule has 1 amide bonds. The lowest BCUT2D eigenvalue weighted by molar-refractivity contribution is -0.133. The van der Waals surface area contributed by atoms with Crippen molar-refractivity contribution in [2.24, 2.45) is 0 Å². The molecular formula is C18H23NO4S. The molecule has 0 aliphatic heterocycles. The fourth-order valence-corrected chi connectivity index (χ4v) is 3.54. The second kappa shape index (κ2) is 7.66. The number of amides is 1. The van der Waals surface area contributed by atoms with Crippen molar-refractivity contribution in [2.75, 3.05) is 25.2 Å². The van der Waals surface area contributed by atoms with Crippen molar-refractivity contribution < 1.29 is 17.9 Å². The Morgan fingerprint density at radius 1 is 1.17 bits per heavy atom. The van der Waals surface area contributed by atoms with Crippen molar-refractivity contribution in [3.05, 3.63) is 42.5 Å².